The highest BCUT2D eigenvalue weighted by molar-refractivity contribution is 5.94. The molecule has 3 rings (SSSR count). The number of H-pyrrole nitrogens is 1. The van der Waals surface area contributed by atoms with Gasteiger partial charge in [0.05, 0.1) is 40.1 Å². The van der Waals surface area contributed by atoms with Gasteiger partial charge in [-0.3, -0.25) is 4.79 Å². The third-order valence-electron chi connectivity index (χ3n) is 4.19. The molecule has 24 heavy (non-hydrogen) atoms. The van der Waals surface area contributed by atoms with Gasteiger partial charge in [-0.15, -0.1) is 0 Å². The van der Waals surface area contributed by atoms with Crippen LogP contribution >= 0.6 is 0 Å². The number of aryl methyl sites for hydroxylation is 1. The molecule has 0 fully saturated rings. The molecule has 0 saturated carbocycles. The molecule has 2 aromatic heterocycles. The van der Waals surface area contributed by atoms with Crippen molar-refractivity contribution in [1.29, 1.82) is 5.26 Å². The summed E-state index contributed by atoms with van der Waals surface area (Å²) >= 11 is 0. The standard InChI is InChI=1S/C19H19N3O2/c1-5-24-17-11(2)6-7-12-15(17)22-18-13(16(12)23)8-9-14(21-18)19(3,4)10-20/h6-9H,5H2,1-4H3,(H,21,22,23). The fourth-order valence-electron chi connectivity index (χ4n) is 2.74. The van der Waals surface area contributed by atoms with Crippen LogP contribution in [0, 0.1) is 18.3 Å². The van der Waals surface area contributed by atoms with Gasteiger partial charge in [0.15, 0.2) is 5.43 Å². The van der Waals surface area contributed by atoms with E-state index in [9.17, 15) is 10.1 Å². The highest BCUT2D eigenvalue weighted by Crippen LogP contribution is 2.28. The molecule has 2 heterocycles. The summed E-state index contributed by atoms with van der Waals surface area (Å²) in [5.41, 5.74) is 1.88. The maximum Gasteiger partial charge on any atom is 0.198 e. The molecule has 5 heteroatoms. The lowest BCUT2D eigenvalue weighted by Gasteiger charge is -2.16. The summed E-state index contributed by atoms with van der Waals surface area (Å²) in [6.07, 6.45) is 0. The van der Waals surface area contributed by atoms with Crippen molar-refractivity contribution < 1.29 is 4.74 Å². The first kappa shape index (κ1) is 16.0. The summed E-state index contributed by atoms with van der Waals surface area (Å²) in [7, 11) is 0. The zero-order valence-corrected chi connectivity index (χ0v) is 14.2. The molecule has 0 amide bonds. The number of hydrogen-bond donors (Lipinski definition) is 1. The van der Waals surface area contributed by atoms with Gasteiger partial charge in [-0.2, -0.15) is 5.26 Å². The number of benzene rings is 1. The van der Waals surface area contributed by atoms with Gasteiger partial charge in [0.1, 0.15) is 11.4 Å². The summed E-state index contributed by atoms with van der Waals surface area (Å²) in [4.78, 5) is 20.6. The van der Waals surface area contributed by atoms with E-state index < -0.39 is 5.41 Å². The molecule has 1 aromatic carbocycles. The molecular formula is C19H19N3O2. The van der Waals surface area contributed by atoms with Crippen molar-refractivity contribution in [2.75, 3.05) is 6.61 Å². The SMILES string of the molecule is CCOc1c(C)ccc2c(=O)c3ccc(C(C)(C)C#N)nc3[nH]c12. The molecule has 0 bridgehead atoms. The van der Waals surface area contributed by atoms with Crippen LogP contribution in [0.5, 0.6) is 5.75 Å². The van der Waals surface area contributed by atoms with E-state index in [1.807, 2.05) is 19.9 Å². The van der Waals surface area contributed by atoms with Crippen molar-refractivity contribution in [3.05, 3.63) is 45.7 Å². The van der Waals surface area contributed by atoms with E-state index in [1.165, 1.54) is 0 Å². The van der Waals surface area contributed by atoms with Crippen molar-refractivity contribution in [2.45, 2.75) is 33.1 Å². The number of aromatic nitrogens is 2. The molecule has 0 aliphatic carbocycles. The largest absolute Gasteiger partial charge is 0.491 e. The number of ether oxygens (including phenoxy) is 1. The number of rotatable bonds is 3. The third-order valence-corrected chi connectivity index (χ3v) is 4.19. The van der Waals surface area contributed by atoms with E-state index in [0.717, 1.165) is 5.56 Å². The van der Waals surface area contributed by atoms with Crippen LogP contribution in [0.3, 0.4) is 0 Å². The highest BCUT2D eigenvalue weighted by Gasteiger charge is 2.22. The number of pyridine rings is 2. The average molecular weight is 321 g/mol. The summed E-state index contributed by atoms with van der Waals surface area (Å²) < 4.78 is 5.72. The molecular weight excluding hydrogens is 302 g/mol. The fourth-order valence-corrected chi connectivity index (χ4v) is 2.74. The Balaban J connectivity index is 2.40. The molecule has 0 unspecified atom stereocenters. The van der Waals surface area contributed by atoms with E-state index in [4.69, 9.17) is 4.74 Å². The van der Waals surface area contributed by atoms with Crippen molar-refractivity contribution in [2.24, 2.45) is 0 Å². The van der Waals surface area contributed by atoms with E-state index in [1.54, 1.807) is 32.0 Å². The van der Waals surface area contributed by atoms with Gasteiger partial charge in [-0.1, -0.05) is 6.07 Å². The van der Waals surface area contributed by atoms with Crippen LogP contribution in [0.15, 0.2) is 29.1 Å². The number of aromatic amines is 1. The van der Waals surface area contributed by atoms with Crippen LogP contribution in [0.1, 0.15) is 32.0 Å². The Morgan fingerprint density at radius 3 is 2.62 bits per heavy atom. The molecule has 3 aromatic rings. The first-order chi connectivity index (χ1) is 11.4. The second-order valence-electron chi connectivity index (χ2n) is 6.35. The lowest BCUT2D eigenvalue weighted by molar-refractivity contribution is 0.341. The minimum absolute atomic E-state index is 0.0893. The van der Waals surface area contributed by atoms with E-state index in [2.05, 4.69) is 16.0 Å². The third kappa shape index (κ3) is 2.41. The Kier molecular flexibility index (Phi) is 3.76. The van der Waals surface area contributed by atoms with Gasteiger partial charge in [-0.25, -0.2) is 4.98 Å². The zero-order chi connectivity index (χ0) is 17.5. The van der Waals surface area contributed by atoms with Crippen molar-refractivity contribution in [3.8, 4) is 11.8 Å². The van der Waals surface area contributed by atoms with Crippen molar-refractivity contribution >= 4 is 21.9 Å². The summed E-state index contributed by atoms with van der Waals surface area (Å²) in [6, 6.07) is 9.40. The van der Waals surface area contributed by atoms with E-state index in [-0.39, 0.29) is 5.43 Å². The molecule has 0 aliphatic rings. The molecule has 0 atom stereocenters. The normalized spacial score (nSPS) is 11.6. The Labute approximate surface area is 139 Å². The molecule has 0 radical (unpaired) electrons. The van der Waals surface area contributed by atoms with Gasteiger partial charge in [0.25, 0.3) is 0 Å². The summed E-state index contributed by atoms with van der Waals surface area (Å²) in [5, 5.41) is 10.4. The van der Waals surface area contributed by atoms with E-state index in [0.29, 0.717) is 40.0 Å². The molecule has 0 spiro atoms. The minimum Gasteiger partial charge on any atom is -0.491 e. The number of nitrogens with one attached hydrogen (secondary N) is 1. The predicted octanol–water partition coefficient (Wildman–Crippen LogP) is 3.58. The van der Waals surface area contributed by atoms with Crippen LogP contribution < -0.4 is 10.2 Å². The van der Waals surface area contributed by atoms with Crippen molar-refractivity contribution in [1.82, 2.24) is 9.97 Å². The van der Waals surface area contributed by atoms with Crippen LogP contribution in [0.25, 0.3) is 21.9 Å². The van der Waals surface area contributed by atoms with Gasteiger partial charge in [0, 0.05) is 0 Å². The molecule has 122 valence electrons. The Bertz CT molecular complexity index is 1040. The lowest BCUT2D eigenvalue weighted by Crippen LogP contribution is -2.17. The lowest BCUT2D eigenvalue weighted by atomic mass is 9.90. The van der Waals surface area contributed by atoms with Gasteiger partial charge in [-0.05, 0) is 51.5 Å². The minimum atomic E-state index is -0.727. The number of hydrogen-bond acceptors (Lipinski definition) is 4. The Morgan fingerprint density at radius 2 is 1.96 bits per heavy atom. The van der Waals surface area contributed by atoms with Gasteiger partial charge in [0.2, 0.25) is 0 Å². The summed E-state index contributed by atoms with van der Waals surface area (Å²) in [5.74, 6) is 0.667. The maximum absolute atomic E-state index is 12.8. The Morgan fingerprint density at radius 1 is 1.25 bits per heavy atom. The maximum atomic E-state index is 12.8. The second-order valence-corrected chi connectivity index (χ2v) is 6.35. The topological polar surface area (TPSA) is 78.8 Å². The second kappa shape index (κ2) is 5.64. The van der Waals surface area contributed by atoms with Crippen LogP contribution in [-0.4, -0.2) is 16.6 Å². The Hall–Kier alpha value is -2.87. The number of nitriles is 1. The van der Waals surface area contributed by atoms with Crippen LogP contribution in [0.4, 0.5) is 0 Å². The molecule has 0 aliphatic heterocycles. The fraction of sp³-hybridized carbons (Fsp3) is 0.316. The highest BCUT2D eigenvalue weighted by atomic mass is 16.5. The molecule has 0 saturated heterocycles. The summed E-state index contributed by atoms with van der Waals surface area (Å²) in [6.45, 7) is 7.96. The first-order valence-corrected chi connectivity index (χ1v) is 7.90. The number of nitrogens with zero attached hydrogens (tertiary/aromatic N) is 2. The predicted molar refractivity (Wildman–Crippen MR) is 94.4 cm³/mol. The van der Waals surface area contributed by atoms with Gasteiger partial charge < -0.3 is 9.72 Å². The zero-order valence-electron chi connectivity index (χ0n) is 14.2. The first-order valence-electron chi connectivity index (χ1n) is 7.90. The monoisotopic (exact) mass is 321 g/mol. The van der Waals surface area contributed by atoms with E-state index >= 15 is 0 Å². The molecule has 1 N–H and O–H groups in total. The van der Waals surface area contributed by atoms with Crippen LogP contribution in [0.2, 0.25) is 0 Å². The number of fused-ring (bicyclic) bond motifs is 2. The van der Waals surface area contributed by atoms with Crippen LogP contribution in [-0.2, 0) is 5.41 Å². The van der Waals surface area contributed by atoms with Crippen molar-refractivity contribution in [3.63, 3.8) is 0 Å². The average Bonchev–Trinajstić information content (AvgIpc) is 2.57. The smallest absolute Gasteiger partial charge is 0.198 e. The van der Waals surface area contributed by atoms with Gasteiger partial charge >= 0.3 is 0 Å². The molecule has 5 nitrogen and oxygen atoms in total. The quantitative estimate of drug-likeness (QED) is 0.748.